The van der Waals surface area contributed by atoms with E-state index in [0.717, 1.165) is 9.87 Å². The molecule has 0 fully saturated rings. The number of anilines is 1. The van der Waals surface area contributed by atoms with Gasteiger partial charge in [-0.2, -0.15) is 0 Å². The molecule has 192 valence electrons. The first-order chi connectivity index (χ1) is 17.5. The van der Waals surface area contributed by atoms with Gasteiger partial charge in [-0.05, 0) is 49.7 Å². The van der Waals surface area contributed by atoms with E-state index in [1.165, 1.54) is 29.9 Å². The van der Waals surface area contributed by atoms with E-state index in [4.69, 9.17) is 11.6 Å². The average molecular weight is 539 g/mol. The molecule has 0 unspecified atom stereocenters. The molecule has 0 spiro atoms. The fraction of sp³-hybridized carbons (Fsp3) is 0.185. The number of carbonyl (C=O) groups excluding carboxylic acids is 1. The fourth-order valence-electron chi connectivity index (χ4n) is 4.13. The van der Waals surface area contributed by atoms with E-state index in [2.05, 4.69) is 5.32 Å². The van der Waals surface area contributed by atoms with Crippen LogP contribution in [0.1, 0.15) is 34.6 Å². The molecule has 0 saturated carbocycles. The maximum Gasteiger partial charge on any atom is 0.296 e. The van der Waals surface area contributed by atoms with Crippen molar-refractivity contribution in [3.8, 4) is 5.69 Å². The van der Waals surface area contributed by atoms with E-state index in [-0.39, 0.29) is 27.2 Å². The molecular weight excluding hydrogens is 512 g/mol. The summed E-state index contributed by atoms with van der Waals surface area (Å²) in [5.74, 6) is -0.450. The molecule has 0 aliphatic rings. The van der Waals surface area contributed by atoms with Crippen molar-refractivity contribution in [2.75, 3.05) is 11.4 Å². The van der Waals surface area contributed by atoms with Crippen LogP contribution in [0.15, 0.2) is 88.6 Å². The zero-order valence-corrected chi connectivity index (χ0v) is 22.4. The topological polar surface area (TPSA) is 93.4 Å². The average Bonchev–Trinajstić information content (AvgIpc) is 3.11. The summed E-state index contributed by atoms with van der Waals surface area (Å²) in [5.41, 5.74) is 1.56. The number of hydrogen-bond acceptors (Lipinski definition) is 4. The standard InChI is InChI=1S/C27H27ClN4O4S/c1-18(20-11-7-5-8-12-20)29-26(33)21-15-16-23(28)24(17-21)37(35,36)31(4)25-19(2)30(3)32(27(25)34)22-13-9-6-10-14-22/h5-18H,1-4H3,(H,29,33)/t18-/m0/s1. The van der Waals surface area contributed by atoms with Gasteiger partial charge in [-0.15, -0.1) is 0 Å². The van der Waals surface area contributed by atoms with Crippen LogP contribution in [0, 0.1) is 6.92 Å². The van der Waals surface area contributed by atoms with E-state index in [1.807, 2.05) is 43.3 Å². The summed E-state index contributed by atoms with van der Waals surface area (Å²) in [5, 5.41) is 2.81. The van der Waals surface area contributed by atoms with Crippen molar-refractivity contribution in [3.05, 3.63) is 111 Å². The lowest BCUT2D eigenvalue weighted by Gasteiger charge is -2.20. The predicted molar refractivity (Wildman–Crippen MR) is 145 cm³/mol. The second-order valence-corrected chi connectivity index (χ2v) is 11.0. The Bertz CT molecular complexity index is 1610. The number of rotatable bonds is 7. The van der Waals surface area contributed by atoms with Crippen LogP contribution in [0.4, 0.5) is 5.69 Å². The number of amides is 1. The molecule has 37 heavy (non-hydrogen) atoms. The number of para-hydroxylation sites is 1. The summed E-state index contributed by atoms with van der Waals surface area (Å²) in [6.45, 7) is 3.50. The molecule has 1 atom stereocenters. The number of aromatic nitrogens is 2. The Morgan fingerprint density at radius 3 is 2.22 bits per heavy atom. The highest BCUT2D eigenvalue weighted by atomic mass is 35.5. The van der Waals surface area contributed by atoms with E-state index >= 15 is 0 Å². The Morgan fingerprint density at radius 1 is 1.00 bits per heavy atom. The third-order valence-electron chi connectivity index (χ3n) is 6.32. The lowest BCUT2D eigenvalue weighted by molar-refractivity contribution is 0.0939. The van der Waals surface area contributed by atoms with Crippen molar-refractivity contribution in [3.63, 3.8) is 0 Å². The normalized spacial score (nSPS) is 12.2. The van der Waals surface area contributed by atoms with E-state index in [0.29, 0.717) is 11.4 Å². The van der Waals surface area contributed by atoms with Gasteiger partial charge in [-0.1, -0.05) is 60.1 Å². The van der Waals surface area contributed by atoms with E-state index in [1.54, 1.807) is 42.9 Å². The van der Waals surface area contributed by atoms with Gasteiger partial charge in [-0.25, -0.2) is 13.1 Å². The van der Waals surface area contributed by atoms with Crippen molar-refractivity contribution >= 4 is 33.2 Å². The van der Waals surface area contributed by atoms with Crippen molar-refractivity contribution in [2.24, 2.45) is 7.05 Å². The van der Waals surface area contributed by atoms with Crippen LogP contribution in [0.3, 0.4) is 0 Å². The summed E-state index contributed by atoms with van der Waals surface area (Å²) >= 11 is 6.30. The number of halogens is 1. The molecular formula is C27H27ClN4O4S. The van der Waals surface area contributed by atoms with Gasteiger partial charge in [0, 0.05) is 19.7 Å². The van der Waals surface area contributed by atoms with Gasteiger partial charge in [0.1, 0.15) is 10.6 Å². The molecule has 0 bridgehead atoms. The quantitative estimate of drug-likeness (QED) is 0.376. The number of nitrogens with one attached hydrogen (secondary N) is 1. The Hall–Kier alpha value is -3.82. The van der Waals surface area contributed by atoms with Crippen molar-refractivity contribution in [2.45, 2.75) is 24.8 Å². The number of carbonyl (C=O) groups is 1. The number of benzene rings is 3. The van der Waals surface area contributed by atoms with Gasteiger partial charge < -0.3 is 5.32 Å². The largest absolute Gasteiger partial charge is 0.346 e. The molecule has 1 amide bonds. The van der Waals surface area contributed by atoms with Gasteiger partial charge in [0.2, 0.25) is 0 Å². The third kappa shape index (κ3) is 4.92. The van der Waals surface area contributed by atoms with Crippen LogP contribution in [0.5, 0.6) is 0 Å². The Morgan fingerprint density at radius 2 is 1.59 bits per heavy atom. The van der Waals surface area contributed by atoms with E-state index < -0.39 is 21.5 Å². The Kier molecular flexibility index (Phi) is 7.29. The maximum absolute atomic E-state index is 13.7. The molecule has 4 aromatic rings. The summed E-state index contributed by atoms with van der Waals surface area (Å²) < 4.78 is 31.3. The van der Waals surface area contributed by atoms with Crippen LogP contribution >= 0.6 is 11.6 Å². The van der Waals surface area contributed by atoms with Gasteiger partial charge in [0.15, 0.2) is 0 Å². The fourth-order valence-corrected chi connectivity index (χ4v) is 5.88. The molecule has 0 radical (unpaired) electrons. The van der Waals surface area contributed by atoms with Gasteiger partial charge >= 0.3 is 0 Å². The van der Waals surface area contributed by atoms with E-state index in [9.17, 15) is 18.0 Å². The molecule has 0 aliphatic heterocycles. The molecule has 4 rings (SSSR count). The first-order valence-electron chi connectivity index (χ1n) is 11.5. The summed E-state index contributed by atoms with van der Waals surface area (Å²) in [6, 6.07) is 22.1. The van der Waals surface area contributed by atoms with Crippen molar-refractivity contribution in [1.82, 2.24) is 14.7 Å². The second-order valence-electron chi connectivity index (χ2n) is 8.63. The number of nitrogens with zero attached hydrogens (tertiary/aromatic N) is 3. The highest BCUT2D eigenvalue weighted by molar-refractivity contribution is 7.93. The van der Waals surface area contributed by atoms with Gasteiger partial charge in [0.25, 0.3) is 21.5 Å². The maximum atomic E-state index is 13.7. The molecule has 0 saturated heterocycles. The highest BCUT2D eigenvalue weighted by Crippen LogP contribution is 2.29. The summed E-state index contributed by atoms with van der Waals surface area (Å²) in [6.07, 6.45) is 0. The van der Waals surface area contributed by atoms with Crippen LogP contribution < -0.4 is 15.2 Å². The molecule has 3 aromatic carbocycles. The van der Waals surface area contributed by atoms with Gasteiger partial charge in [-0.3, -0.25) is 18.6 Å². The predicted octanol–water partition coefficient (Wildman–Crippen LogP) is 4.45. The van der Waals surface area contributed by atoms with Crippen LogP contribution in [-0.2, 0) is 17.1 Å². The first-order valence-corrected chi connectivity index (χ1v) is 13.3. The van der Waals surface area contributed by atoms with Gasteiger partial charge in [0.05, 0.1) is 22.4 Å². The smallest absolute Gasteiger partial charge is 0.296 e. The number of hydrogen-bond donors (Lipinski definition) is 1. The minimum Gasteiger partial charge on any atom is -0.346 e. The Balaban J connectivity index is 1.70. The minimum absolute atomic E-state index is 0.0185. The van der Waals surface area contributed by atoms with Crippen LogP contribution in [-0.4, -0.2) is 30.7 Å². The first kappa shape index (κ1) is 26.2. The molecule has 0 aliphatic carbocycles. The summed E-state index contributed by atoms with van der Waals surface area (Å²) in [7, 11) is -1.31. The highest BCUT2D eigenvalue weighted by Gasteiger charge is 2.31. The molecule has 1 N–H and O–H groups in total. The number of sulfonamides is 1. The lowest BCUT2D eigenvalue weighted by Crippen LogP contribution is -2.32. The summed E-state index contributed by atoms with van der Waals surface area (Å²) in [4.78, 5) is 26.1. The third-order valence-corrected chi connectivity index (χ3v) is 8.56. The molecule has 10 heteroatoms. The lowest BCUT2D eigenvalue weighted by atomic mass is 10.1. The Labute approximate surface area is 220 Å². The zero-order chi connectivity index (χ0) is 26.9. The molecule has 1 aromatic heterocycles. The van der Waals surface area contributed by atoms with Crippen LogP contribution in [0.25, 0.3) is 5.69 Å². The SMILES string of the molecule is Cc1c(N(C)S(=O)(=O)c2cc(C(=O)N[C@@H](C)c3ccccc3)ccc2Cl)c(=O)n(-c2ccccc2)n1C. The van der Waals surface area contributed by atoms with Crippen molar-refractivity contribution in [1.29, 1.82) is 0 Å². The minimum atomic E-state index is -4.30. The molecule has 1 heterocycles. The second kappa shape index (κ2) is 10.3. The molecule has 8 nitrogen and oxygen atoms in total. The monoisotopic (exact) mass is 538 g/mol. The van der Waals surface area contributed by atoms with Crippen molar-refractivity contribution < 1.29 is 13.2 Å². The zero-order valence-electron chi connectivity index (χ0n) is 20.8. The van der Waals surface area contributed by atoms with Crippen LogP contribution in [0.2, 0.25) is 5.02 Å².